The number of amides is 5. The van der Waals surface area contributed by atoms with Crippen molar-refractivity contribution in [1.29, 1.82) is 0 Å². The number of hydrazine groups is 1. The van der Waals surface area contributed by atoms with Crippen LogP contribution in [0, 0.1) is 60.2 Å². The minimum absolute atomic E-state index is 0.0164. The Balaban J connectivity index is 0.000000176. The number of nitrogens with one attached hydrogen (secondary N) is 5. The lowest BCUT2D eigenvalue weighted by molar-refractivity contribution is -0.145. The van der Waals surface area contributed by atoms with E-state index in [0.29, 0.717) is 66.6 Å². The molecule has 0 aromatic heterocycles. The lowest BCUT2D eigenvalue weighted by Gasteiger charge is -2.33. The first kappa shape index (κ1) is 83.6. The summed E-state index contributed by atoms with van der Waals surface area (Å²) in [6, 6.07) is 37.0. The Kier molecular flexibility index (Phi) is 33.6. The summed E-state index contributed by atoms with van der Waals surface area (Å²) in [4.78, 5) is 88.8. The number of nitrogens with zero attached hydrogens (tertiary/aromatic N) is 3. The van der Waals surface area contributed by atoms with E-state index in [1.807, 2.05) is 95.3 Å². The van der Waals surface area contributed by atoms with Gasteiger partial charge in [-0.3, -0.25) is 24.6 Å². The van der Waals surface area contributed by atoms with E-state index in [9.17, 15) is 57.3 Å². The molecule has 12 rings (SSSR count). The summed E-state index contributed by atoms with van der Waals surface area (Å²) in [7, 11) is -3.83. The molecule has 578 valence electrons. The maximum atomic E-state index is 13.1. The van der Waals surface area contributed by atoms with Gasteiger partial charge in [-0.15, -0.1) is 11.8 Å². The number of piperidine rings is 1. The molecule has 21 nitrogen and oxygen atoms in total. The summed E-state index contributed by atoms with van der Waals surface area (Å²) in [5.74, 6) is 3.36. The molecule has 8 N–H and O–H groups in total. The number of hydrogen-bond donors (Lipinski definition) is 8. The summed E-state index contributed by atoms with van der Waals surface area (Å²) in [5.41, 5.74) is 8.72. The second-order valence-electron chi connectivity index (χ2n) is 30.3. The average molecular weight is 1500 g/mol. The van der Waals surface area contributed by atoms with E-state index in [1.165, 1.54) is 106 Å². The average Bonchev–Trinajstić information content (AvgIpc) is 1.74. The van der Waals surface area contributed by atoms with Crippen LogP contribution in [-0.4, -0.2) is 145 Å². The SMILES string of the molecule is C1CSCN1.CC(C)[C@H]1CC[C@H](C(=O)N[C@H](Cc2ccccc2)C(=O)O)CC1.CCOc1cc(CC(=O)N[C@@H](CC(C)C)c2ccccc2N2CCCCC2)ccc1C(=O)O.Cc1ccc(S(=O)(=O)NC(=O)NN2CC3CCCC3C2)cc1.O=C(O)[C@H](CC(=O)N1C[C@H]2CCCC[C@H]2C1)Cc1ccccc1. The van der Waals surface area contributed by atoms with Gasteiger partial charge < -0.3 is 45.8 Å². The number of aromatic carboxylic acids is 1. The van der Waals surface area contributed by atoms with Gasteiger partial charge in [0, 0.05) is 81.9 Å². The minimum atomic E-state index is -3.83. The third kappa shape index (κ3) is 26.7. The zero-order valence-electron chi connectivity index (χ0n) is 63.1. The second-order valence-corrected chi connectivity index (χ2v) is 33.1. The van der Waals surface area contributed by atoms with Gasteiger partial charge in [0.05, 0.1) is 29.9 Å². The van der Waals surface area contributed by atoms with Crippen molar-refractivity contribution in [2.24, 2.45) is 53.3 Å². The van der Waals surface area contributed by atoms with Crippen LogP contribution in [0.1, 0.15) is 182 Å². The maximum absolute atomic E-state index is 13.1. The van der Waals surface area contributed by atoms with Crippen LogP contribution >= 0.6 is 11.8 Å². The number of hydrogen-bond acceptors (Lipinski definition) is 14. The largest absolute Gasteiger partial charge is 0.493 e. The molecule has 4 aliphatic heterocycles. The number of carbonyl (C=O) groups excluding carboxylic acids is 4. The molecule has 5 amide bonds. The molecule has 7 fully saturated rings. The summed E-state index contributed by atoms with van der Waals surface area (Å²) >= 11 is 1.96. The van der Waals surface area contributed by atoms with Crippen molar-refractivity contribution in [3.05, 3.63) is 161 Å². The number of carboxylic acids is 3. The molecule has 3 aliphatic carbocycles. The molecule has 5 aromatic carbocycles. The molecule has 0 spiro atoms. The van der Waals surface area contributed by atoms with Gasteiger partial charge in [0.25, 0.3) is 10.0 Å². The number of anilines is 1. The number of aliphatic carboxylic acids is 2. The highest BCUT2D eigenvalue weighted by Crippen LogP contribution is 2.39. The van der Waals surface area contributed by atoms with Crippen LogP contribution in [0.25, 0.3) is 0 Å². The van der Waals surface area contributed by atoms with Gasteiger partial charge in [-0.25, -0.2) is 32.5 Å². The fraction of sp³-hybridized carbons (Fsp3) is 0.554. The quantitative estimate of drug-likeness (QED) is 0.0285. The fourth-order valence-corrected chi connectivity index (χ4v) is 17.4. The van der Waals surface area contributed by atoms with Crippen LogP contribution in [0.2, 0.25) is 0 Å². The van der Waals surface area contributed by atoms with E-state index < -0.39 is 45.9 Å². The lowest BCUT2D eigenvalue weighted by Crippen LogP contribution is -2.48. The predicted octanol–water partition coefficient (Wildman–Crippen LogP) is 13.4. The number of thioether (sulfide) groups is 1. The van der Waals surface area contributed by atoms with Crippen molar-refractivity contribution in [3.8, 4) is 5.75 Å². The predicted molar refractivity (Wildman–Crippen MR) is 417 cm³/mol. The number of fused-ring (bicyclic) bond motifs is 2. The van der Waals surface area contributed by atoms with Crippen molar-refractivity contribution >= 4 is 69.1 Å². The van der Waals surface area contributed by atoms with Crippen molar-refractivity contribution in [3.63, 3.8) is 0 Å². The Morgan fingerprint density at radius 1 is 0.642 bits per heavy atom. The lowest BCUT2D eigenvalue weighted by atomic mass is 9.76. The van der Waals surface area contributed by atoms with Gasteiger partial charge in [-0.2, -0.15) is 0 Å². The molecular formula is C83H116N8O13S2. The van der Waals surface area contributed by atoms with E-state index in [-0.39, 0.29) is 53.0 Å². The zero-order valence-corrected chi connectivity index (χ0v) is 64.7. The number of sulfonamides is 1. The molecule has 3 saturated carbocycles. The number of para-hydroxylation sites is 1. The van der Waals surface area contributed by atoms with E-state index >= 15 is 0 Å². The number of carbonyl (C=O) groups is 7. The molecule has 2 unspecified atom stereocenters. The number of benzene rings is 5. The Labute approximate surface area is 632 Å². The van der Waals surface area contributed by atoms with Crippen molar-refractivity contribution < 1.29 is 62.0 Å². The van der Waals surface area contributed by atoms with Crippen LogP contribution in [-0.2, 0) is 53.3 Å². The van der Waals surface area contributed by atoms with E-state index in [0.717, 1.165) is 99.2 Å². The Morgan fingerprint density at radius 2 is 1.24 bits per heavy atom. The Morgan fingerprint density at radius 3 is 1.78 bits per heavy atom. The molecule has 7 atom stereocenters. The van der Waals surface area contributed by atoms with Crippen LogP contribution in [0.15, 0.2) is 132 Å². The van der Waals surface area contributed by atoms with Gasteiger partial charge >= 0.3 is 23.9 Å². The molecule has 0 bridgehead atoms. The van der Waals surface area contributed by atoms with Crippen LogP contribution in [0.5, 0.6) is 5.75 Å². The third-order valence-corrected chi connectivity index (χ3v) is 23.8. The molecule has 5 aromatic rings. The number of aryl methyl sites for hydroxylation is 1. The highest BCUT2D eigenvalue weighted by molar-refractivity contribution is 7.99. The summed E-state index contributed by atoms with van der Waals surface area (Å²) in [5, 5.41) is 39.2. The van der Waals surface area contributed by atoms with Crippen LogP contribution in [0.3, 0.4) is 0 Å². The van der Waals surface area contributed by atoms with Crippen LogP contribution in [0.4, 0.5) is 10.5 Å². The van der Waals surface area contributed by atoms with Gasteiger partial charge in [0.1, 0.15) is 17.4 Å². The zero-order chi connectivity index (χ0) is 76.1. The smallest absolute Gasteiger partial charge is 0.343 e. The van der Waals surface area contributed by atoms with Gasteiger partial charge in [0.2, 0.25) is 17.7 Å². The number of ether oxygens (including phenoxy) is 1. The monoisotopic (exact) mass is 1500 g/mol. The highest BCUT2D eigenvalue weighted by Gasteiger charge is 2.39. The maximum Gasteiger partial charge on any atom is 0.343 e. The number of likely N-dealkylation sites (tertiary alicyclic amines) is 1. The molecule has 0 radical (unpaired) electrons. The third-order valence-electron chi connectivity index (χ3n) is 21.6. The molecule has 4 heterocycles. The number of urea groups is 1. The molecule has 4 saturated heterocycles. The Bertz CT molecular complexity index is 3690. The van der Waals surface area contributed by atoms with Crippen molar-refractivity contribution in [2.75, 3.05) is 68.9 Å². The first-order chi connectivity index (χ1) is 50.9. The Hall–Kier alpha value is -7.99. The van der Waals surface area contributed by atoms with E-state index in [2.05, 4.69) is 76.9 Å². The molecule has 106 heavy (non-hydrogen) atoms. The second kappa shape index (κ2) is 42.5. The summed E-state index contributed by atoms with van der Waals surface area (Å²) < 4.78 is 31.8. The van der Waals surface area contributed by atoms with Gasteiger partial charge in [0.15, 0.2) is 0 Å². The van der Waals surface area contributed by atoms with Gasteiger partial charge in [-0.1, -0.05) is 150 Å². The standard InChI is InChI=1S/C27H36N2O4.C19H25NO3.C19H27NO3.C15H21N3O3S.C3H7NS/c1-4-33-25-17-20(12-13-22(25)27(31)32)18-26(30)28-23(16-19(2)3)21-10-6-7-11-24(21)29-14-8-5-9-15-29;21-18(20-12-15-8-4-5-9-16(15)13-20)11-17(19(22)23)10-14-6-2-1-3-7-14;1-13(2)15-8-10-16(11-9-15)18(21)20-17(19(22)23)12-14-6-4-3-5-7-14;1-11-5-7-14(8-6-11)22(20,21)17-15(19)16-18-9-12-3-2-4-13(12)10-18;1-2-5-3-4-1/h6-7,10-13,17,19,23H,4-5,8-9,14-16,18H2,1-3H3,(H,28,30)(H,31,32);1-3,6-7,15-17H,4-5,8-13H2,(H,22,23);3-7,13,15-17H,8-12H2,1-2H3,(H,20,21)(H,22,23);5-8,12-13H,2-4,9-10H2,1H3,(H2,16,17,19);4H,1-3H2/t23-;15-,16+,17-;15-,16-,17-;;/m001../s1. The first-order valence-electron chi connectivity index (χ1n) is 38.6. The van der Waals surface area contributed by atoms with Crippen molar-refractivity contribution in [2.45, 2.75) is 181 Å². The summed E-state index contributed by atoms with van der Waals surface area (Å²) in [6.45, 7) is 19.4. The number of carboxylic acid groups (broad SMARTS) is 3. The van der Waals surface area contributed by atoms with E-state index in [4.69, 9.17) is 4.74 Å². The molecule has 7 aliphatic rings. The minimum Gasteiger partial charge on any atom is -0.493 e. The highest BCUT2D eigenvalue weighted by atomic mass is 32.2. The summed E-state index contributed by atoms with van der Waals surface area (Å²) in [6.07, 6.45) is 18.1. The van der Waals surface area contributed by atoms with Crippen molar-refractivity contribution in [1.82, 2.24) is 36.0 Å². The first-order valence-corrected chi connectivity index (χ1v) is 41.2. The molecular weight excluding hydrogens is 1380 g/mol. The van der Waals surface area contributed by atoms with Crippen LogP contribution < -0.4 is 35.7 Å². The topological polar surface area (TPSA) is 293 Å². The van der Waals surface area contributed by atoms with E-state index in [1.54, 1.807) is 31.2 Å². The number of rotatable bonds is 24. The normalized spacial score (nSPS) is 21.2. The van der Waals surface area contributed by atoms with Gasteiger partial charge in [-0.05, 0) is 191 Å². The molecule has 23 heteroatoms. The fourth-order valence-electron chi connectivity index (χ4n) is 15.7.